The maximum absolute atomic E-state index is 11.9. The van der Waals surface area contributed by atoms with Crippen molar-refractivity contribution in [2.24, 2.45) is 0 Å². The molecule has 0 aliphatic carbocycles. The van der Waals surface area contributed by atoms with E-state index in [1.807, 2.05) is 25.1 Å². The Morgan fingerprint density at radius 3 is 2.52 bits per heavy atom. The Morgan fingerprint density at radius 1 is 1.10 bits per heavy atom. The number of rotatable bonds is 3. The lowest BCUT2D eigenvalue weighted by Crippen LogP contribution is -2.20. The maximum atomic E-state index is 11.9. The Hall–Kier alpha value is -2.53. The molecule has 5 nitrogen and oxygen atoms in total. The zero-order chi connectivity index (χ0) is 15.4. The number of carbonyl (C=O) groups is 2. The van der Waals surface area contributed by atoms with E-state index < -0.39 is 12.0 Å². The van der Waals surface area contributed by atoms with Crippen molar-refractivity contribution >= 4 is 35.0 Å². The number of hydrogen-bond acceptors (Lipinski definition) is 2. The Labute approximate surface area is 126 Å². The van der Waals surface area contributed by atoms with Crippen molar-refractivity contribution in [1.82, 2.24) is 0 Å². The smallest absolute Gasteiger partial charge is 0.335 e. The molecule has 0 aliphatic rings. The standard InChI is InChI=1S/C15H13ClN2O3/c1-9-3-2-4-11(7-9)17-15(21)18-13-8-10(14(19)20)5-6-12(13)16/h2-8H,1H3,(H,19,20)(H2,17,18,21). The highest BCUT2D eigenvalue weighted by molar-refractivity contribution is 6.34. The highest BCUT2D eigenvalue weighted by Gasteiger charge is 2.10. The van der Waals surface area contributed by atoms with Crippen LogP contribution in [0.25, 0.3) is 0 Å². The van der Waals surface area contributed by atoms with Crippen molar-refractivity contribution in [3.63, 3.8) is 0 Å². The molecule has 2 aromatic carbocycles. The van der Waals surface area contributed by atoms with Gasteiger partial charge < -0.3 is 15.7 Å². The summed E-state index contributed by atoms with van der Waals surface area (Å²) in [6, 6.07) is 10.9. The first-order chi connectivity index (χ1) is 9.95. The number of benzene rings is 2. The Morgan fingerprint density at radius 2 is 1.86 bits per heavy atom. The monoisotopic (exact) mass is 304 g/mol. The number of carboxylic acids is 1. The Balaban J connectivity index is 2.12. The summed E-state index contributed by atoms with van der Waals surface area (Å²) in [4.78, 5) is 22.8. The summed E-state index contributed by atoms with van der Waals surface area (Å²) in [6.45, 7) is 1.91. The molecule has 0 aliphatic heterocycles. The predicted octanol–water partition coefficient (Wildman–Crippen LogP) is 3.99. The topological polar surface area (TPSA) is 78.4 Å². The lowest BCUT2D eigenvalue weighted by atomic mass is 10.2. The van der Waals surface area contributed by atoms with Crippen LogP contribution in [0.4, 0.5) is 16.2 Å². The molecule has 0 fully saturated rings. The van der Waals surface area contributed by atoms with Gasteiger partial charge in [0.2, 0.25) is 0 Å². The first kappa shape index (κ1) is 14.9. The second-order valence-corrected chi connectivity index (χ2v) is 4.86. The van der Waals surface area contributed by atoms with Gasteiger partial charge in [-0.2, -0.15) is 0 Å². The largest absolute Gasteiger partial charge is 0.478 e. The number of carbonyl (C=O) groups excluding carboxylic acids is 1. The molecule has 0 aromatic heterocycles. The summed E-state index contributed by atoms with van der Waals surface area (Å²) in [7, 11) is 0. The number of urea groups is 1. The number of nitrogens with one attached hydrogen (secondary N) is 2. The molecular weight excluding hydrogens is 292 g/mol. The molecule has 3 N–H and O–H groups in total. The van der Waals surface area contributed by atoms with Crippen LogP contribution in [-0.4, -0.2) is 17.1 Å². The third kappa shape index (κ3) is 3.97. The fraction of sp³-hybridized carbons (Fsp3) is 0.0667. The molecule has 0 heterocycles. The second-order valence-electron chi connectivity index (χ2n) is 4.45. The van der Waals surface area contributed by atoms with Crippen LogP contribution in [0.15, 0.2) is 42.5 Å². The van der Waals surface area contributed by atoms with Gasteiger partial charge in [-0.3, -0.25) is 0 Å². The first-order valence-corrected chi connectivity index (χ1v) is 6.51. The fourth-order valence-corrected chi connectivity index (χ4v) is 1.93. The summed E-state index contributed by atoms with van der Waals surface area (Å²) in [5.41, 5.74) is 1.93. The molecule has 21 heavy (non-hydrogen) atoms. The van der Waals surface area contributed by atoms with E-state index >= 15 is 0 Å². The second kappa shape index (κ2) is 6.28. The van der Waals surface area contributed by atoms with E-state index in [1.165, 1.54) is 18.2 Å². The van der Waals surface area contributed by atoms with Gasteiger partial charge >= 0.3 is 12.0 Å². The number of aryl methyl sites for hydroxylation is 1. The maximum Gasteiger partial charge on any atom is 0.335 e. The Bertz CT molecular complexity index is 701. The van der Waals surface area contributed by atoms with Crippen LogP contribution < -0.4 is 10.6 Å². The molecule has 0 atom stereocenters. The van der Waals surface area contributed by atoms with E-state index in [0.29, 0.717) is 5.69 Å². The molecule has 108 valence electrons. The normalized spacial score (nSPS) is 10.0. The molecule has 0 spiro atoms. The van der Waals surface area contributed by atoms with Gasteiger partial charge in [-0.15, -0.1) is 0 Å². The zero-order valence-electron chi connectivity index (χ0n) is 11.2. The van der Waals surface area contributed by atoms with Crippen LogP contribution in [0, 0.1) is 6.92 Å². The van der Waals surface area contributed by atoms with Crippen LogP contribution in [0.5, 0.6) is 0 Å². The van der Waals surface area contributed by atoms with E-state index in [2.05, 4.69) is 10.6 Å². The van der Waals surface area contributed by atoms with Crippen molar-refractivity contribution in [3.8, 4) is 0 Å². The van der Waals surface area contributed by atoms with Crippen LogP contribution in [-0.2, 0) is 0 Å². The minimum absolute atomic E-state index is 0.0465. The van der Waals surface area contributed by atoms with E-state index in [1.54, 1.807) is 6.07 Å². The van der Waals surface area contributed by atoms with Gasteiger partial charge in [0.1, 0.15) is 0 Å². The minimum Gasteiger partial charge on any atom is -0.478 e. The van der Waals surface area contributed by atoms with Gasteiger partial charge in [0.15, 0.2) is 0 Å². The van der Waals surface area contributed by atoms with Gasteiger partial charge in [-0.05, 0) is 42.8 Å². The van der Waals surface area contributed by atoms with E-state index in [-0.39, 0.29) is 16.3 Å². The molecule has 2 rings (SSSR count). The summed E-state index contributed by atoms with van der Waals surface area (Å²) < 4.78 is 0. The third-order valence-electron chi connectivity index (χ3n) is 2.74. The number of halogens is 1. The lowest BCUT2D eigenvalue weighted by molar-refractivity contribution is 0.0697. The number of aromatic carboxylic acids is 1. The van der Waals surface area contributed by atoms with Gasteiger partial charge in [-0.1, -0.05) is 23.7 Å². The van der Waals surface area contributed by atoms with Crippen LogP contribution in [0.1, 0.15) is 15.9 Å². The van der Waals surface area contributed by atoms with Gasteiger partial charge in [0.25, 0.3) is 0 Å². The average molecular weight is 305 g/mol. The number of carboxylic acid groups (broad SMARTS) is 1. The highest BCUT2D eigenvalue weighted by Crippen LogP contribution is 2.23. The zero-order valence-corrected chi connectivity index (χ0v) is 11.9. The Kier molecular flexibility index (Phi) is 4.45. The SMILES string of the molecule is Cc1cccc(NC(=O)Nc2cc(C(=O)O)ccc2Cl)c1. The molecule has 2 amide bonds. The average Bonchev–Trinajstić information content (AvgIpc) is 2.41. The molecule has 0 unspecified atom stereocenters. The molecule has 2 aromatic rings. The van der Waals surface area contributed by atoms with Crippen molar-refractivity contribution in [3.05, 3.63) is 58.6 Å². The van der Waals surface area contributed by atoms with E-state index in [9.17, 15) is 9.59 Å². The van der Waals surface area contributed by atoms with Gasteiger partial charge in [0.05, 0.1) is 16.3 Å². The van der Waals surface area contributed by atoms with Crippen molar-refractivity contribution in [2.45, 2.75) is 6.92 Å². The van der Waals surface area contributed by atoms with E-state index in [4.69, 9.17) is 16.7 Å². The molecule has 0 radical (unpaired) electrons. The molecule has 0 saturated carbocycles. The molecule has 6 heteroatoms. The highest BCUT2D eigenvalue weighted by atomic mass is 35.5. The molecule has 0 saturated heterocycles. The van der Waals surface area contributed by atoms with Crippen LogP contribution in [0.3, 0.4) is 0 Å². The fourth-order valence-electron chi connectivity index (χ4n) is 1.76. The predicted molar refractivity (Wildman–Crippen MR) is 82.2 cm³/mol. The minimum atomic E-state index is -1.09. The van der Waals surface area contributed by atoms with Crippen molar-refractivity contribution in [2.75, 3.05) is 10.6 Å². The lowest BCUT2D eigenvalue weighted by Gasteiger charge is -2.10. The summed E-state index contributed by atoms with van der Waals surface area (Å²) in [5, 5.41) is 14.4. The number of hydrogen-bond donors (Lipinski definition) is 3. The first-order valence-electron chi connectivity index (χ1n) is 6.13. The van der Waals surface area contributed by atoms with Gasteiger partial charge in [0, 0.05) is 5.69 Å². The van der Waals surface area contributed by atoms with Gasteiger partial charge in [-0.25, -0.2) is 9.59 Å². The van der Waals surface area contributed by atoms with E-state index in [0.717, 1.165) is 5.56 Å². The quantitative estimate of drug-likeness (QED) is 0.802. The van der Waals surface area contributed by atoms with Crippen molar-refractivity contribution < 1.29 is 14.7 Å². The molecule has 0 bridgehead atoms. The van der Waals surface area contributed by atoms with Crippen LogP contribution in [0.2, 0.25) is 5.02 Å². The summed E-state index contributed by atoms with van der Waals surface area (Å²) in [6.07, 6.45) is 0. The summed E-state index contributed by atoms with van der Waals surface area (Å²) in [5.74, 6) is -1.09. The summed E-state index contributed by atoms with van der Waals surface area (Å²) >= 11 is 5.94. The van der Waals surface area contributed by atoms with Crippen LogP contribution >= 0.6 is 11.6 Å². The third-order valence-corrected chi connectivity index (χ3v) is 3.07. The number of anilines is 2. The number of amides is 2. The van der Waals surface area contributed by atoms with Crippen molar-refractivity contribution in [1.29, 1.82) is 0 Å². The molecular formula is C15H13ClN2O3.